The maximum Gasteiger partial charge on any atom is 0.471 e. The number of hydrogen-bond donors (Lipinski definition) is 2. The molecule has 1 heterocycles. The van der Waals surface area contributed by atoms with Gasteiger partial charge < -0.3 is 11.1 Å². The molecule has 1 aromatic rings. The number of aromatic nitrogens is 1. The smallest absolute Gasteiger partial charge is 0.382 e. The Hall–Kier alpha value is -2.39. The number of nitrogens with one attached hydrogen (secondary N) is 1. The Kier molecular flexibility index (Phi) is 3.16. The molecule has 0 aliphatic heterocycles. The monoisotopic (exact) mass is 250 g/mol. The summed E-state index contributed by atoms with van der Waals surface area (Å²) in [7, 11) is 0. The maximum absolute atomic E-state index is 11.9. The number of halogens is 3. The Morgan fingerprint density at radius 3 is 2.59 bits per heavy atom. The van der Waals surface area contributed by atoms with Crippen molar-refractivity contribution >= 4 is 23.1 Å². The molecule has 0 fully saturated rings. The van der Waals surface area contributed by atoms with Crippen molar-refractivity contribution in [2.75, 3.05) is 11.1 Å². The fourth-order valence-corrected chi connectivity index (χ4v) is 0.857. The molecule has 0 unspecified atom stereocenters. The molecule has 0 aromatic carbocycles. The summed E-state index contributed by atoms with van der Waals surface area (Å²) in [5.41, 5.74) is 4.01. The third kappa shape index (κ3) is 3.03. The fourth-order valence-electron chi connectivity index (χ4n) is 0.857. The molecule has 0 aliphatic carbocycles. The van der Waals surface area contributed by atoms with E-state index in [4.69, 9.17) is 5.73 Å². The fraction of sp³-hybridized carbons (Fsp3) is 0.143. The van der Waals surface area contributed by atoms with Gasteiger partial charge in [0.15, 0.2) is 0 Å². The van der Waals surface area contributed by atoms with Crippen molar-refractivity contribution in [2.45, 2.75) is 6.18 Å². The molecule has 0 atom stereocenters. The van der Waals surface area contributed by atoms with Crippen LogP contribution in [-0.4, -0.2) is 22.0 Å². The van der Waals surface area contributed by atoms with Crippen LogP contribution in [0.25, 0.3) is 0 Å². The van der Waals surface area contributed by atoms with Gasteiger partial charge in [0.2, 0.25) is 0 Å². The van der Waals surface area contributed by atoms with Gasteiger partial charge in [-0.25, -0.2) is 4.98 Å². The minimum absolute atomic E-state index is 0.451. The first-order valence-corrected chi connectivity index (χ1v) is 4.00. The van der Waals surface area contributed by atoms with Crippen LogP contribution in [0.2, 0.25) is 0 Å². The quantitative estimate of drug-likeness (QED) is 0.602. The lowest BCUT2D eigenvalue weighted by atomic mass is 10.3. The normalized spacial score (nSPS) is 11.0. The highest BCUT2D eigenvalue weighted by atomic mass is 19.4. The third-order valence-electron chi connectivity index (χ3n) is 1.62. The Bertz CT molecular complexity index is 474. The van der Waals surface area contributed by atoms with Crippen LogP contribution in [0.15, 0.2) is 12.3 Å². The van der Waals surface area contributed by atoms with Crippen LogP contribution in [0, 0.1) is 10.1 Å². The number of carbonyl (C=O) groups excluding carboxylic acids is 1. The van der Waals surface area contributed by atoms with Crippen molar-refractivity contribution in [1.29, 1.82) is 0 Å². The van der Waals surface area contributed by atoms with Crippen LogP contribution in [0.4, 0.5) is 30.4 Å². The molecule has 92 valence electrons. The van der Waals surface area contributed by atoms with Crippen molar-refractivity contribution < 1.29 is 22.9 Å². The maximum atomic E-state index is 11.9. The summed E-state index contributed by atoms with van der Waals surface area (Å²) in [4.78, 5) is 23.3. The van der Waals surface area contributed by atoms with Crippen LogP contribution >= 0.6 is 0 Å². The minimum atomic E-state index is -5.11. The summed E-state index contributed by atoms with van der Waals surface area (Å²) in [6, 6.07) is 0.686. The van der Waals surface area contributed by atoms with Crippen LogP contribution in [0.5, 0.6) is 0 Å². The molecule has 10 heteroatoms. The van der Waals surface area contributed by atoms with Gasteiger partial charge in [0.05, 0.1) is 10.6 Å². The van der Waals surface area contributed by atoms with Gasteiger partial charge in [-0.1, -0.05) is 0 Å². The first-order chi connectivity index (χ1) is 7.71. The zero-order valence-electron chi connectivity index (χ0n) is 7.99. The van der Waals surface area contributed by atoms with E-state index in [1.54, 1.807) is 0 Å². The highest BCUT2D eigenvalue weighted by Gasteiger charge is 2.39. The zero-order chi connectivity index (χ0) is 13.2. The van der Waals surface area contributed by atoms with Gasteiger partial charge in [0.1, 0.15) is 12.0 Å². The molecule has 0 bridgehead atoms. The molecule has 0 aliphatic rings. The van der Waals surface area contributed by atoms with Crippen LogP contribution in [-0.2, 0) is 4.79 Å². The van der Waals surface area contributed by atoms with E-state index >= 15 is 0 Å². The van der Waals surface area contributed by atoms with Gasteiger partial charge >= 0.3 is 12.1 Å². The lowest BCUT2D eigenvalue weighted by molar-refractivity contribution is -0.385. The number of nitrogen functional groups attached to an aromatic ring is 1. The van der Waals surface area contributed by atoms with Crippen LogP contribution in [0.3, 0.4) is 0 Å². The SMILES string of the molecule is Nc1ncc([N+](=O)[O-])cc1NC(=O)C(F)(F)F. The number of nitrogens with zero attached hydrogens (tertiary/aromatic N) is 2. The van der Waals surface area contributed by atoms with Gasteiger partial charge in [-0.15, -0.1) is 0 Å². The Labute approximate surface area is 91.6 Å². The molecule has 1 amide bonds. The van der Waals surface area contributed by atoms with Gasteiger partial charge in [0.25, 0.3) is 5.69 Å². The van der Waals surface area contributed by atoms with Crippen molar-refractivity contribution in [1.82, 2.24) is 4.98 Å². The third-order valence-corrected chi connectivity index (χ3v) is 1.62. The predicted molar refractivity (Wildman–Crippen MR) is 50.0 cm³/mol. The number of rotatable bonds is 2. The minimum Gasteiger partial charge on any atom is -0.382 e. The molecule has 0 spiro atoms. The molecular weight excluding hydrogens is 245 g/mol. The molecule has 3 N–H and O–H groups in total. The average molecular weight is 250 g/mol. The molecule has 1 aromatic heterocycles. The summed E-state index contributed by atoms with van der Waals surface area (Å²) in [5, 5.41) is 11.7. The van der Waals surface area contributed by atoms with E-state index < -0.39 is 34.2 Å². The van der Waals surface area contributed by atoms with Gasteiger partial charge in [-0.3, -0.25) is 14.9 Å². The first-order valence-electron chi connectivity index (χ1n) is 4.00. The van der Waals surface area contributed by atoms with E-state index in [0.717, 1.165) is 6.20 Å². The standard InChI is InChI=1S/C7H5F3N4O3/c8-7(9,10)6(15)13-4-1-3(14(16)17)2-12-5(4)11/h1-2H,(H2,11,12)(H,13,15). The molecule has 0 saturated carbocycles. The van der Waals surface area contributed by atoms with E-state index in [2.05, 4.69) is 4.98 Å². The number of pyridine rings is 1. The largest absolute Gasteiger partial charge is 0.471 e. The van der Waals surface area contributed by atoms with E-state index in [0.29, 0.717) is 6.07 Å². The van der Waals surface area contributed by atoms with E-state index in [1.807, 2.05) is 0 Å². The Morgan fingerprint density at radius 1 is 1.53 bits per heavy atom. The second-order valence-electron chi connectivity index (χ2n) is 2.84. The number of amides is 1. The number of nitro groups is 1. The van der Waals surface area contributed by atoms with E-state index in [-0.39, 0.29) is 0 Å². The summed E-state index contributed by atoms with van der Waals surface area (Å²) in [6.45, 7) is 0. The second kappa shape index (κ2) is 4.23. The van der Waals surface area contributed by atoms with Crippen molar-refractivity contribution in [3.8, 4) is 0 Å². The van der Waals surface area contributed by atoms with E-state index in [9.17, 15) is 28.1 Å². The number of hydrogen-bond acceptors (Lipinski definition) is 5. The summed E-state index contributed by atoms with van der Waals surface area (Å²) in [6.07, 6.45) is -4.35. The highest BCUT2D eigenvalue weighted by Crippen LogP contribution is 2.24. The Balaban J connectivity index is 3.02. The zero-order valence-corrected chi connectivity index (χ0v) is 7.99. The van der Waals surface area contributed by atoms with E-state index in [1.165, 1.54) is 5.32 Å². The van der Waals surface area contributed by atoms with Crippen LogP contribution < -0.4 is 11.1 Å². The van der Waals surface area contributed by atoms with Crippen molar-refractivity contribution in [2.24, 2.45) is 0 Å². The number of carbonyl (C=O) groups is 1. The lowest BCUT2D eigenvalue weighted by Gasteiger charge is -2.08. The Morgan fingerprint density at radius 2 is 2.12 bits per heavy atom. The van der Waals surface area contributed by atoms with Gasteiger partial charge in [0, 0.05) is 6.07 Å². The average Bonchev–Trinajstić information content (AvgIpc) is 2.19. The molecule has 1 rings (SSSR count). The van der Waals surface area contributed by atoms with Crippen molar-refractivity contribution in [3.63, 3.8) is 0 Å². The first kappa shape index (κ1) is 12.7. The number of anilines is 2. The summed E-state index contributed by atoms with van der Waals surface area (Å²) < 4.78 is 35.8. The number of alkyl halides is 3. The molecule has 17 heavy (non-hydrogen) atoms. The predicted octanol–water partition coefficient (Wildman–Crippen LogP) is 1.07. The summed E-state index contributed by atoms with van der Waals surface area (Å²) >= 11 is 0. The molecule has 7 nitrogen and oxygen atoms in total. The molecule has 0 radical (unpaired) electrons. The molecular formula is C7H5F3N4O3. The second-order valence-corrected chi connectivity index (χ2v) is 2.84. The van der Waals surface area contributed by atoms with Crippen molar-refractivity contribution in [3.05, 3.63) is 22.4 Å². The number of nitrogens with two attached hydrogens (primary N) is 1. The highest BCUT2D eigenvalue weighted by molar-refractivity contribution is 5.97. The lowest BCUT2D eigenvalue weighted by Crippen LogP contribution is -2.30. The van der Waals surface area contributed by atoms with Gasteiger partial charge in [-0.2, -0.15) is 13.2 Å². The summed E-state index contributed by atoms with van der Waals surface area (Å²) in [5.74, 6) is -2.74. The van der Waals surface area contributed by atoms with Crippen LogP contribution in [0.1, 0.15) is 0 Å². The molecule has 0 saturated heterocycles. The topological polar surface area (TPSA) is 111 Å². The van der Waals surface area contributed by atoms with Gasteiger partial charge in [-0.05, 0) is 0 Å².